The third kappa shape index (κ3) is 5.71. The first-order valence-electron chi connectivity index (χ1n) is 8.84. The molecular weight excluding hydrogens is 304 g/mol. The molecule has 24 heavy (non-hydrogen) atoms. The Labute approximate surface area is 145 Å². The zero-order valence-electron chi connectivity index (χ0n) is 15.0. The lowest BCUT2D eigenvalue weighted by molar-refractivity contribution is 0.114. The van der Waals surface area contributed by atoms with Gasteiger partial charge in [-0.15, -0.1) is 0 Å². The van der Waals surface area contributed by atoms with E-state index in [-0.39, 0.29) is 18.1 Å². The molecule has 5 nitrogen and oxygen atoms in total. The Morgan fingerprint density at radius 1 is 1.33 bits per heavy atom. The van der Waals surface area contributed by atoms with Gasteiger partial charge in [-0.1, -0.05) is 32.4 Å². The SMILES string of the molecule is CC(C)COc1ccc(CNC(=O)N(C)CC2CCCC2O)cc1. The molecule has 1 aliphatic rings. The fourth-order valence-corrected chi connectivity index (χ4v) is 2.94. The number of ether oxygens (including phenoxy) is 1. The van der Waals surface area contributed by atoms with Crippen LogP contribution in [0, 0.1) is 11.8 Å². The van der Waals surface area contributed by atoms with Gasteiger partial charge >= 0.3 is 6.03 Å². The summed E-state index contributed by atoms with van der Waals surface area (Å²) in [7, 11) is 1.78. The zero-order valence-corrected chi connectivity index (χ0v) is 15.0. The van der Waals surface area contributed by atoms with Gasteiger partial charge in [0.05, 0.1) is 12.7 Å². The molecule has 1 fully saturated rings. The van der Waals surface area contributed by atoms with Gasteiger partial charge in [-0.2, -0.15) is 0 Å². The minimum Gasteiger partial charge on any atom is -0.493 e. The number of carbonyl (C=O) groups is 1. The maximum Gasteiger partial charge on any atom is 0.317 e. The number of aliphatic hydroxyl groups is 1. The van der Waals surface area contributed by atoms with E-state index in [2.05, 4.69) is 19.2 Å². The fraction of sp³-hybridized carbons (Fsp3) is 0.632. The molecule has 2 N–H and O–H groups in total. The van der Waals surface area contributed by atoms with Crippen molar-refractivity contribution in [1.29, 1.82) is 0 Å². The summed E-state index contributed by atoms with van der Waals surface area (Å²) >= 11 is 0. The highest BCUT2D eigenvalue weighted by molar-refractivity contribution is 5.73. The zero-order chi connectivity index (χ0) is 17.5. The highest BCUT2D eigenvalue weighted by atomic mass is 16.5. The second-order valence-electron chi connectivity index (χ2n) is 7.15. The van der Waals surface area contributed by atoms with E-state index in [1.54, 1.807) is 11.9 Å². The van der Waals surface area contributed by atoms with Crippen molar-refractivity contribution in [3.05, 3.63) is 29.8 Å². The summed E-state index contributed by atoms with van der Waals surface area (Å²) in [6, 6.07) is 7.70. The molecule has 0 aromatic heterocycles. The molecule has 134 valence electrons. The third-order valence-electron chi connectivity index (χ3n) is 4.42. The third-order valence-corrected chi connectivity index (χ3v) is 4.42. The van der Waals surface area contributed by atoms with Gasteiger partial charge < -0.3 is 20.1 Å². The summed E-state index contributed by atoms with van der Waals surface area (Å²) in [6.45, 7) is 6.03. The van der Waals surface area contributed by atoms with Crippen molar-refractivity contribution >= 4 is 6.03 Å². The van der Waals surface area contributed by atoms with Crippen LogP contribution in [0.1, 0.15) is 38.7 Å². The number of hydrogen-bond donors (Lipinski definition) is 2. The molecule has 1 aliphatic carbocycles. The van der Waals surface area contributed by atoms with Crippen molar-refractivity contribution in [2.45, 2.75) is 45.8 Å². The molecule has 0 bridgehead atoms. The summed E-state index contributed by atoms with van der Waals surface area (Å²) in [4.78, 5) is 13.8. The lowest BCUT2D eigenvalue weighted by Crippen LogP contribution is -2.40. The molecule has 5 heteroatoms. The average Bonchev–Trinajstić information content (AvgIpc) is 2.96. The van der Waals surface area contributed by atoms with Crippen LogP contribution < -0.4 is 10.1 Å². The van der Waals surface area contributed by atoms with Crippen LogP contribution in [0.5, 0.6) is 5.75 Å². The van der Waals surface area contributed by atoms with Crippen molar-refractivity contribution in [2.24, 2.45) is 11.8 Å². The minimum absolute atomic E-state index is 0.103. The topological polar surface area (TPSA) is 61.8 Å². The van der Waals surface area contributed by atoms with Gasteiger partial charge in [0.25, 0.3) is 0 Å². The van der Waals surface area contributed by atoms with E-state index in [4.69, 9.17) is 4.74 Å². The minimum atomic E-state index is -0.265. The molecule has 2 rings (SSSR count). The molecule has 2 amide bonds. The van der Waals surface area contributed by atoms with E-state index in [1.165, 1.54) is 0 Å². The van der Waals surface area contributed by atoms with Crippen LogP contribution in [0.25, 0.3) is 0 Å². The van der Waals surface area contributed by atoms with E-state index < -0.39 is 0 Å². The maximum absolute atomic E-state index is 12.2. The quantitative estimate of drug-likeness (QED) is 0.806. The van der Waals surface area contributed by atoms with Gasteiger partial charge in [-0.3, -0.25) is 0 Å². The van der Waals surface area contributed by atoms with Crippen molar-refractivity contribution in [3.8, 4) is 5.75 Å². The predicted octanol–water partition coefficient (Wildman–Crippen LogP) is 3.02. The lowest BCUT2D eigenvalue weighted by Gasteiger charge is -2.23. The second kappa shape index (κ2) is 8.92. The van der Waals surface area contributed by atoms with Crippen molar-refractivity contribution < 1.29 is 14.6 Å². The first-order chi connectivity index (χ1) is 11.5. The van der Waals surface area contributed by atoms with E-state index in [0.717, 1.165) is 30.6 Å². The van der Waals surface area contributed by atoms with Gasteiger partial charge in [0.2, 0.25) is 0 Å². The number of benzene rings is 1. The van der Waals surface area contributed by atoms with Crippen LogP contribution in [0.15, 0.2) is 24.3 Å². The molecule has 0 radical (unpaired) electrons. The van der Waals surface area contributed by atoms with E-state index >= 15 is 0 Å². The lowest BCUT2D eigenvalue weighted by atomic mass is 10.1. The monoisotopic (exact) mass is 334 g/mol. The number of rotatable bonds is 7. The van der Waals surface area contributed by atoms with E-state index in [9.17, 15) is 9.90 Å². The number of urea groups is 1. The van der Waals surface area contributed by atoms with Crippen LogP contribution in [0.4, 0.5) is 4.79 Å². The Hall–Kier alpha value is -1.75. The van der Waals surface area contributed by atoms with E-state index in [0.29, 0.717) is 25.6 Å². The Balaban J connectivity index is 1.74. The normalized spacial score (nSPS) is 20.2. The fourth-order valence-electron chi connectivity index (χ4n) is 2.94. The predicted molar refractivity (Wildman–Crippen MR) is 95.0 cm³/mol. The standard InChI is InChI=1S/C19H30N2O3/c1-14(2)13-24-17-9-7-15(8-10-17)11-20-19(23)21(3)12-16-5-4-6-18(16)22/h7-10,14,16,18,22H,4-6,11-13H2,1-3H3,(H,20,23). The highest BCUT2D eigenvalue weighted by Crippen LogP contribution is 2.25. The largest absolute Gasteiger partial charge is 0.493 e. The van der Waals surface area contributed by atoms with Crippen LogP contribution in [-0.4, -0.2) is 42.3 Å². The first-order valence-corrected chi connectivity index (χ1v) is 8.84. The number of aliphatic hydroxyl groups excluding tert-OH is 1. The molecule has 0 heterocycles. The van der Waals surface area contributed by atoms with Gasteiger partial charge in [0, 0.05) is 26.1 Å². The Bertz CT molecular complexity index is 516. The molecule has 1 saturated carbocycles. The molecule has 0 saturated heterocycles. The molecule has 2 atom stereocenters. The van der Waals surface area contributed by atoms with Crippen LogP contribution in [0.3, 0.4) is 0 Å². The number of amides is 2. The summed E-state index contributed by atoms with van der Waals surface area (Å²) in [5, 5.41) is 12.8. The Morgan fingerprint density at radius 2 is 2.04 bits per heavy atom. The molecule has 0 spiro atoms. The van der Waals surface area contributed by atoms with Crippen molar-refractivity contribution in [3.63, 3.8) is 0 Å². The molecule has 0 aliphatic heterocycles. The van der Waals surface area contributed by atoms with Gasteiger partial charge in [-0.25, -0.2) is 4.79 Å². The van der Waals surface area contributed by atoms with Crippen molar-refractivity contribution in [1.82, 2.24) is 10.2 Å². The average molecular weight is 334 g/mol. The smallest absolute Gasteiger partial charge is 0.317 e. The van der Waals surface area contributed by atoms with Gasteiger partial charge in [-0.05, 0) is 36.5 Å². The van der Waals surface area contributed by atoms with Crippen LogP contribution in [-0.2, 0) is 6.54 Å². The summed E-state index contributed by atoms with van der Waals surface area (Å²) in [5.41, 5.74) is 1.04. The van der Waals surface area contributed by atoms with Crippen molar-refractivity contribution in [2.75, 3.05) is 20.2 Å². The number of carbonyl (C=O) groups excluding carboxylic acids is 1. The Kier molecular flexibility index (Phi) is 6.91. The molecule has 1 aromatic rings. The number of nitrogens with zero attached hydrogens (tertiary/aromatic N) is 1. The Morgan fingerprint density at radius 3 is 2.62 bits per heavy atom. The second-order valence-corrected chi connectivity index (χ2v) is 7.15. The van der Waals surface area contributed by atoms with E-state index in [1.807, 2.05) is 24.3 Å². The maximum atomic E-state index is 12.2. The molecule has 2 unspecified atom stereocenters. The summed E-state index contributed by atoms with van der Waals surface area (Å²) in [5.74, 6) is 1.56. The van der Waals surface area contributed by atoms with Gasteiger partial charge in [0.1, 0.15) is 5.75 Å². The van der Waals surface area contributed by atoms with Crippen LogP contribution >= 0.6 is 0 Å². The summed E-state index contributed by atoms with van der Waals surface area (Å²) < 4.78 is 5.65. The van der Waals surface area contributed by atoms with Gasteiger partial charge in [0.15, 0.2) is 0 Å². The number of nitrogens with one attached hydrogen (secondary N) is 1. The highest BCUT2D eigenvalue weighted by Gasteiger charge is 2.27. The number of hydrogen-bond acceptors (Lipinski definition) is 3. The summed E-state index contributed by atoms with van der Waals surface area (Å²) in [6.07, 6.45) is 2.63. The molecule has 1 aromatic carbocycles. The molecular formula is C19H30N2O3. The first kappa shape index (κ1) is 18.6. The van der Waals surface area contributed by atoms with Crippen LogP contribution in [0.2, 0.25) is 0 Å².